The van der Waals surface area contributed by atoms with Gasteiger partial charge in [-0.2, -0.15) is 4.31 Å². The van der Waals surface area contributed by atoms with Gasteiger partial charge in [-0.15, -0.1) is 0 Å². The summed E-state index contributed by atoms with van der Waals surface area (Å²) in [5.74, 6) is 1.22. The molecule has 1 atom stereocenters. The van der Waals surface area contributed by atoms with Crippen LogP contribution >= 0.6 is 0 Å². The summed E-state index contributed by atoms with van der Waals surface area (Å²) in [6, 6.07) is 5.00. The second-order valence-electron chi connectivity index (χ2n) is 7.39. The first kappa shape index (κ1) is 20.0. The summed E-state index contributed by atoms with van der Waals surface area (Å²) in [5, 5.41) is 0. The predicted molar refractivity (Wildman–Crippen MR) is 104 cm³/mol. The minimum atomic E-state index is -3.25. The monoisotopic (exact) mass is 423 g/mol. The molecule has 0 bridgehead atoms. The second-order valence-corrected chi connectivity index (χ2v) is 9.65. The Kier molecular flexibility index (Phi) is 5.39. The van der Waals surface area contributed by atoms with E-state index >= 15 is 0 Å². The highest BCUT2D eigenvalue weighted by Gasteiger charge is 2.39. The topological polar surface area (TPSA) is 96.5 Å². The Morgan fingerprint density at radius 2 is 1.86 bits per heavy atom. The molecule has 10 heteroatoms. The van der Waals surface area contributed by atoms with E-state index in [1.807, 2.05) is 18.2 Å². The summed E-state index contributed by atoms with van der Waals surface area (Å²) in [5.41, 5.74) is 0.876. The molecule has 1 aromatic carbocycles. The second kappa shape index (κ2) is 7.83. The maximum atomic E-state index is 13.1. The number of rotatable bonds is 5. The predicted octanol–water partition coefficient (Wildman–Crippen LogP) is 0.400. The molecular formula is C19H25N3O6S. The van der Waals surface area contributed by atoms with E-state index in [-0.39, 0.29) is 24.4 Å². The number of sulfonamides is 1. The number of ether oxygens (including phenoxy) is 2. The van der Waals surface area contributed by atoms with Crippen LogP contribution in [0.5, 0.6) is 11.5 Å². The van der Waals surface area contributed by atoms with Crippen molar-refractivity contribution in [2.24, 2.45) is 0 Å². The van der Waals surface area contributed by atoms with E-state index in [0.717, 1.165) is 5.56 Å². The van der Waals surface area contributed by atoms with Crippen LogP contribution in [0.15, 0.2) is 18.2 Å². The highest BCUT2D eigenvalue weighted by atomic mass is 32.2. The summed E-state index contributed by atoms with van der Waals surface area (Å²) in [6.07, 6.45) is 0.820. The first-order valence-electron chi connectivity index (χ1n) is 9.83. The average Bonchev–Trinajstić information content (AvgIpc) is 3.34. The van der Waals surface area contributed by atoms with Crippen molar-refractivity contribution in [2.45, 2.75) is 32.4 Å². The molecule has 0 aliphatic carbocycles. The summed E-state index contributed by atoms with van der Waals surface area (Å²) in [4.78, 5) is 28.8. The number of carbonyl (C=O) groups excluding carboxylic acids is 2. The van der Waals surface area contributed by atoms with E-state index in [0.29, 0.717) is 57.1 Å². The van der Waals surface area contributed by atoms with Crippen LogP contribution in [0.25, 0.3) is 0 Å². The number of nitrogens with zero attached hydrogens (tertiary/aromatic N) is 3. The van der Waals surface area contributed by atoms with E-state index in [1.165, 1.54) is 4.31 Å². The average molecular weight is 423 g/mol. The molecule has 29 heavy (non-hydrogen) atoms. The molecule has 0 radical (unpaired) electrons. The lowest BCUT2D eigenvalue weighted by atomic mass is 10.1. The Morgan fingerprint density at radius 1 is 1.14 bits per heavy atom. The van der Waals surface area contributed by atoms with E-state index in [2.05, 4.69) is 0 Å². The van der Waals surface area contributed by atoms with Gasteiger partial charge in [-0.05, 0) is 31.0 Å². The third-order valence-electron chi connectivity index (χ3n) is 5.71. The van der Waals surface area contributed by atoms with Gasteiger partial charge in [-0.25, -0.2) is 8.42 Å². The smallest absolute Gasteiger partial charge is 0.245 e. The molecule has 0 spiro atoms. The van der Waals surface area contributed by atoms with Crippen molar-refractivity contribution in [1.29, 1.82) is 0 Å². The molecule has 1 aromatic rings. The Hall–Kier alpha value is -2.33. The van der Waals surface area contributed by atoms with Crippen molar-refractivity contribution in [3.8, 4) is 11.5 Å². The Labute approximate surface area is 170 Å². The summed E-state index contributed by atoms with van der Waals surface area (Å²) < 4.78 is 36.2. The van der Waals surface area contributed by atoms with Gasteiger partial charge in [-0.3, -0.25) is 9.59 Å². The van der Waals surface area contributed by atoms with Crippen molar-refractivity contribution in [3.63, 3.8) is 0 Å². The van der Waals surface area contributed by atoms with Crippen LogP contribution in [0, 0.1) is 0 Å². The van der Waals surface area contributed by atoms with Gasteiger partial charge in [0.05, 0.1) is 5.75 Å². The van der Waals surface area contributed by atoms with Crippen LogP contribution < -0.4 is 9.47 Å². The van der Waals surface area contributed by atoms with Crippen molar-refractivity contribution in [3.05, 3.63) is 23.8 Å². The number of amides is 2. The normalized spacial score (nSPS) is 22.4. The lowest BCUT2D eigenvalue weighted by molar-refractivity contribution is -0.142. The lowest BCUT2D eigenvalue weighted by Crippen LogP contribution is -2.55. The molecule has 0 saturated carbocycles. The zero-order valence-corrected chi connectivity index (χ0v) is 17.2. The van der Waals surface area contributed by atoms with Crippen LogP contribution in [-0.4, -0.2) is 79.1 Å². The Balaban J connectivity index is 1.42. The molecule has 0 N–H and O–H groups in total. The van der Waals surface area contributed by atoms with E-state index < -0.39 is 16.1 Å². The number of carbonyl (C=O) groups is 2. The third kappa shape index (κ3) is 3.91. The molecule has 9 nitrogen and oxygen atoms in total. The van der Waals surface area contributed by atoms with Gasteiger partial charge in [-0.1, -0.05) is 6.07 Å². The fraction of sp³-hybridized carbons (Fsp3) is 0.579. The lowest BCUT2D eigenvalue weighted by Gasteiger charge is -2.36. The third-order valence-corrected chi connectivity index (χ3v) is 7.59. The van der Waals surface area contributed by atoms with E-state index in [1.54, 1.807) is 16.7 Å². The van der Waals surface area contributed by atoms with Crippen molar-refractivity contribution in [2.75, 3.05) is 38.7 Å². The van der Waals surface area contributed by atoms with E-state index in [4.69, 9.17) is 9.47 Å². The van der Waals surface area contributed by atoms with Crippen LogP contribution in [0.1, 0.15) is 25.3 Å². The van der Waals surface area contributed by atoms with Crippen LogP contribution in [-0.2, 0) is 26.2 Å². The molecule has 4 rings (SSSR count). The summed E-state index contributed by atoms with van der Waals surface area (Å²) in [7, 11) is -3.25. The zero-order valence-electron chi connectivity index (χ0n) is 16.4. The number of hydrogen-bond acceptors (Lipinski definition) is 6. The molecule has 158 valence electrons. The SMILES string of the molecule is CCS(=O)(=O)N1CCN(C(=O)[C@@H]2CCC(=O)N2Cc2ccc3c(c2)OCO3)CC1. The van der Waals surface area contributed by atoms with Gasteiger partial charge in [0.25, 0.3) is 0 Å². The number of benzene rings is 1. The number of hydrogen-bond donors (Lipinski definition) is 0. The summed E-state index contributed by atoms with van der Waals surface area (Å²) in [6.45, 7) is 3.42. The first-order valence-corrected chi connectivity index (χ1v) is 11.4. The minimum Gasteiger partial charge on any atom is -0.454 e. The fourth-order valence-electron chi connectivity index (χ4n) is 4.00. The molecular weight excluding hydrogens is 398 g/mol. The van der Waals surface area contributed by atoms with Crippen molar-refractivity contribution >= 4 is 21.8 Å². The molecule has 3 aliphatic rings. The molecule has 2 fully saturated rings. The standard InChI is InChI=1S/C19H25N3O6S/c1-2-29(25,26)21-9-7-20(8-10-21)19(24)15-4-6-18(23)22(15)12-14-3-5-16-17(11-14)28-13-27-16/h3,5,11,15H,2,4,6-10,12-13H2,1H3/t15-/m0/s1. The molecule has 2 saturated heterocycles. The van der Waals surface area contributed by atoms with Gasteiger partial charge >= 0.3 is 0 Å². The summed E-state index contributed by atoms with van der Waals surface area (Å²) >= 11 is 0. The van der Waals surface area contributed by atoms with Crippen LogP contribution in [0.3, 0.4) is 0 Å². The molecule has 0 unspecified atom stereocenters. The largest absolute Gasteiger partial charge is 0.454 e. The first-order chi connectivity index (χ1) is 13.9. The fourth-order valence-corrected chi connectivity index (χ4v) is 5.09. The minimum absolute atomic E-state index is 0.0480. The van der Waals surface area contributed by atoms with Crippen LogP contribution in [0.4, 0.5) is 0 Å². The number of likely N-dealkylation sites (tertiary alicyclic amines) is 1. The molecule has 0 aromatic heterocycles. The van der Waals surface area contributed by atoms with Gasteiger partial charge in [0.1, 0.15) is 6.04 Å². The highest BCUT2D eigenvalue weighted by molar-refractivity contribution is 7.89. The molecule has 3 aliphatic heterocycles. The van der Waals surface area contributed by atoms with Crippen molar-refractivity contribution < 1.29 is 27.5 Å². The van der Waals surface area contributed by atoms with Crippen molar-refractivity contribution in [1.82, 2.24) is 14.1 Å². The van der Waals surface area contributed by atoms with Gasteiger partial charge in [0, 0.05) is 39.1 Å². The Morgan fingerprint density at radius 3 is 2.59 bits per heavy atom. The number of fused-ring (bicyclic) bond motifs is 1. The van der Waals surface area contributed by atoms with Gasteiger partial charge < -0.3 is 19.3 Å². The maximum Gasteiger partial charge on any atom is 0.245 e. The number of piperazine rings is 1. The quantitative estimate of drug-likeness (QED) is 0.680. The zero-order chi connectivity index (χ0) is 20.6. The Bertz CT molecular complexity index is 911. The van der Waals surface area contributed by atoms with Gasteiger partial charge in [0.2, 0.25) is 28.6 Å². The maximum absolute atomic E-state index is 13.1. The molecule has 3 heterocycles. The molecule has 2 amide bonds. The highest BCUT2D eigenvalue weighted by Crippen LogP contribution is 2.33. The van der Waals surface area contributed by atoms with Gasteiger partial charge in [0.15, 0.2) is 11.5 Å². The van der Waals surface area contributed by atoms with E-state index in [9.17, 15) is 18.0 Å². The van der Waals surface area contributed by atoms with Crippen LogP contribution in [0.2, 0.25) is 0 Å².